The van der Waals surface area contributed by atoms with Gasteiger partial charge < -0.3 is 10.1 Å². The van der Waals surface area contributed by atoms with Crippen molar-refractivity contribution < 1.29 is 14.3 Å². The second kappa shape index (κ2) is 7.46. The highest BCUT2D eigenvalue weighted by Gasteiger charge is 2.19. The molecule has 114 valence electrons. The molecular weight excluding hydrogens is 290 g/mol. The van der Waals surface area contributed by atoms with Gasteiger partial charge in [0.2, 0.25) is 0 Å². The van der Waals surface area contributed by atoms with Crippen LogP contribution in [-0.4, -0.2) is 18.5 Å². The summed E-state index contributed by atoms with van der Waals surface area (Å²) < 4.78 is 5.01. The van der Waals surface area contributed by atoms with Crippen molar-refractivity contribution >= 4 is 29.2 Å². The fourth-order valence-electron chi connectivity index (χ4n) is 2.56. The van der Waals surface area contributed by atoms with Crippen LogP contribution in [0.15, 0.2) is 18.2 Å². The lowest BCUT2D eigenvalue weighted by Crippen LogP contribution is -2.21. The highest BCUT2D eigenvalue weighted by Crippen LogP contribution is 2.27. The lowest BCUT2D eigenvalue weighted by molar-refractivity contribution is -0.148. The van der Waals surface area contributed by atoms with Gasteiger partial charge in [-0.3, -0.25) is 9.59 Å². The molecule has 1 N–H and O–H groups in total. The fraction of sp³-hybridized carbons (Fsp3) is 0.500. The number of amides is 1. The minimum atomic E-state index is -0.375. The molecule has 21 heavy (non-hydrogen) atoms. The lowest BCUT2D eigenvalue weighted by Gasteiger charge is -2.10. The summed E-state index contributed by atoms with van der Waals surface area (Å²) in [6.07, 6.45) is 4.95. The van der Waals surface area contributed by atoms with Gasteiger partial charge in [0.15, 0.2) is 6.61 Å². The van der Waals surface area contributed by atoms with Crippen LogP contribution in [0.3, 0.4) is 0 Å². The van der Waals surface area contributed by atoms with Crippen molar-refractivity contribution in [2.75, 3.05) is 11.9 Å². The Bertz CT molecular complexity index is 524. The zero-order valence-electron chi connectivity index (χ0n) is 12.2. The van der Waals surface area contributed by atoms with Crippen molar-refractivity contribution in [3.63, 3.8) is 0 Å². The van der Waals surface area contributed by atoms with Crippen LogP contribution in [0.2, 0.25) is 5.02 Å². The smallest absolute Gasteiger partial charge is 0.306 e. The average Bonchev–Trinajstić information content (AvgIpc) is 2.92. The number of hydrogen-bond donors (Lipinski definition) is 1. The van der Waals surface area contributed by atoms with Crippen LogP contribution >= 0.6 is 11.6 Å². The van der Waals surface area contributed by atoms with Gasteiger partial charge in [-0.1, -0.05) is 30.5 Å². The van der Waals surface area contributed by atoms with Gasteiger partial charge in [-0.2, -0.15) is 0 Å². The minimum absolute atomic E-state index is 0.268. The number of rotatable bonds is 5. The summed E-state index contributed by atoms with van der Waals surface area (Å²) in [5, 5.41) is 3.11. The first-order valence-electron chi connectivity index (χ1n) is 7.26. The van der Waals surface area contributed by atoms with E-state index in [2.05, 4.69) is 5.32 Å². The lowest BCUT2D eigenvalue weighted by atomic mass is 10.1. The van der Waals surface area contributed by atoms with Crippen LogP contribution < -0.4 is 5.32 Å². The van der Waals surface area contributed by atoms with Crippen LogP contribution in [0.25, 0.3) is 0 Å². The maximum atomic E-state index is 11.7. The topological polar surface area (TPSA) is 55.4 Å². The van der Waals surface area contributed by atoms with Gasteiger partial charge in [-0.15, -0.1) is 0 Å². The van der Waals surface area contributed by atoms with E-state index < -0.39 is 0 Å². The highest BCUT2D eigenvalue weighted by molar-refractivity contribution is 6.33. The maximum absolute atomic E-state index is 11.7. The summed E-state index contributed by atoms with van der Waals surface area (Å²) in [4.78, 5) is 23.4. The summed E-state index contributed by atoms with van der Waals surface area (Å²) in [7, 11) is 0. The van der Waals surface area contributed by atoms with Crippen molar-refractivity contribution in [2.24, 2.45) is 5.92 Å². The number of anilines is 1. The van der Waals surface area contributed by atoms with Crippen molar-refractivity contribution in [2.45, 2.75) is 39.0 Å². The van der Waals surface area contributed by atoms with Crippen LogP contribution in [0.5, 0.6) is 0 Å². The van der Waals surface area contributed by atoms with E-state index in [1.54, 1.807) is 12.1 Å². The van der Waals surface area contributed by atoms with Gasteiger partial charge in [-0.25, -0.2) is 0 Å². The van der Waals surface area contributed by atoms with Crippen LogP contribution in [-0.2, 0) is 14.3 Å². The second-order valence-corrected chi connectivity index (χ2v) is 5.95. The molecule has 0 unspecified atom stereocenters. The number of nitrogens with one attached hydrogen (secondary N) is 1. The molecule has 0 bridgehead atoms. The van der Waals surface area contributed by atoms with Gasteiger partial charge in [0.1, 0.15) is 0 Å². The third-order valence-electron chi connectivity index (χ3n) is 3.69. The van der Waals surface area contributed by atoms with Crippen molar-refractivity contribution in [1.82, 2.24) is 0 Å². The standard InChI is InChI=1S/C16H20ClNO3/c1-11-6-7-14(13(17)8-11)18-15(19)10-21-16(20)9-12-4-2-3-5-12/h6-8,12H,2-5,9-10H2,1H3,(H,18,19). The van der Waals surface area contributed by atoms with Crippen molar-refractivity contribution in [3.05, 3.63) is 28.8 Å². The van der Waals surface area contributed by atoms with E-state index in [-0.39, 0.29) is 18.5 Å². The predicted molar refractivity (Wildman–Crippen MR) is 82.4 cm³/mol. The molecule has 0 radical (unpaired) electrons. The summed E-state index contributed by atoms with van der Waals surface area (Å²) in [6, 6.07) is 5.35. The predicted octanol–water partition coefficient (Wildman–Crippen LogP) is 3.71. The van der Waals surface area contributed by atoms with Crippen LogP contribution in [0.4, 0.5) is 5.69 Å². The highest BCUT2D eigenvalue weighted by atomic mass is 35.5. The van der Waals surface area contributed by atoms with E-state index >= 15 is 0 Å². The molecule has 0 heterocycles. The van der Waals surface area contributed by atoms with Gasteiger partial charge in [0, 0.05) is 6.42 Å². The Hall–Kier alpha value is -1.55. The zero-order chi connectivity index (χ0) is 15.2. The Morgan fingerprint density at radius 1 is 1.33 bits per heavy atom. The molecule has 2 rings (SSSR count). The molecule has 1 aromatic carbocycles. The van der Waals surface area contributed by atoms with Gasteiger partial charge >= 0.3 is 5.97 Å². The van der Waals surface area contributed by atoms with E-state index in [9.17, 15) is 9.59 Å². The number of benzene rings is 1. The Morgan fingerprint density at radius 2 is 2.05 bits per heavy atom. The third-order valence-corrected chi connectivity index (χ3v) is 4.01. The molecular formula is C16H20ClNO3. The Kier molecular flexibility index (Phi) is 5.62. The van der Waals surface area contributed by atoms with E-state index in [1.807, 2.05) is 13.0 Å². The number of ether oxygens (including phenoxy) is 1. The number of esters is 1. The number of aryl methyl sites for hydroxylation is 1. The first kappa shape index (κ1) is 15.8. The number of hydrogen-bond acceptors (Lipinski definition) is 3. The monoisotopic (exact) mass is 309 g/mol. The molecule has 0 saturated heterocycles. The van der Waals surface area contributed by atoms with Crippen LogP contribution in [0.1, 0.15) is 37.7 Å². The third kappa shape index (κ3) is 5.05. The molecule has 4 nitrogen and oxygen atoms in total. The number of carbonyl (C=O) groups is 2. The quantitative estimate of drug-likeness (QED) is 0.844. The number of carbonyl (C=O) groups excluding carboxylic acids is 2. The minimum Gasteiger partial charge on any atom is -0.456 e. The Balaban J connectivity index is 1.75. The average molecular weight is 310 g/mol. The van der Waals surface area contributed by atoms with Crippen LogP contribution in [0, 0.1) is 12.8 Å². The first-order valence-corrected chi connectivity index (χ1v) is 7.64. The zero-order valence-corrected chi connectivity index (χ0v) is 12.9. The molecule has 1 fully saturated rings. The summed E-state index contributed by atoms with van der Waals surface area (Å²) in [5.41, 5.74) is 1.54. The second-order valence-electron chi connectivity index (χ2n) is 5.55. The van der Waals surface area contributed by atoms with E-state index in [0.29, 0.717) is 23.0 Å². The maximum Gasteiger partial charge on any atom is 0.306 e. The molecule has 1 amide bonds. The van der Waals surface area contributed by atoms with E-state index in [0.717, 1.165) is 18.4 Å². The molecule has 1 saturated carbocycles. The molecule has 5 heteroatoms. The largest absolute Gasteiger partial charge is 0.456 e. The van der Waals surface area contributed by atoms with Gasteiger partial charge in [0.05, 0.1) is 10.7 Å². The normalized spacial score (nSPS) is 15.0. The fourth-order valence-corrected chi connectivity index (χ4v) is 2.85. The van der Waals surface area contributed by atoms with Crippen molar-refractivity contribution in [1.29, 1.82) is 0 Å². The number of halogens is 1. The molecule has 0 atom stereocenters. The Morgan fingerprint density at radius 3 is 2.71 bits per heavy atom. The summed E-state index contributed by atoms with van der Waals surface area (Å²) >= 11 is 6.03. The van der Waals surface area contributed by atoms with E-state index in [1.165, 1.54) is 12.8 Å². The van der Waals surface area contributed by atoms with Gasteiger partial charge in [-0.05, 0) is 43.4 Å². The molecule has 0 spiro atoms. The first-order chi connectivity index (χ1) is 10.0. The Labute approximate surface area is 129 Å². The molecule has 0 aliphatic heterocycles. The molecule has 0 aromatic heterocycles. The summed E-state index contributed by atoms with van der Waals surface area (Å²) in [6.45, 7) is 1.65. The van der Waals surface area contributed by atoms with Crippen molar-refractivity contribution in [3.8, 4) is 0 Å². The van der Waals surface area contributed by atoms with E-state index in [4.69, 9.17) is 16.3 Å². The molecule has 1 aliphatic carbocycles. The molecule has 1 aliphatic rings. The van der Waals surface area contributed by atoms with Gasteiger partial charge in [0.25, 0.3) is 5.91 Å². The SMILES string of the molecule is Cc1ccc(NC(=O)COC(=O)CC2CCCC2)c(Cl)c1. The summed E-state index contributed by atoms with van der Waals surface area (Å²) in [5.74, 6) is -0.250. The molecule has 1 aromatic rings.